The van der Waals surface area contributed by atoms with Gasteiger partial charge in [0.2, 0.25) is 0 Å². The van der Waals surface area contributed by atoms with E-state index in [0.29, 0.717) is 11.4 Å². The highest BCUT2D eigenvalue weighted by atomic mass is 16.3. The Balaban J connectivity index is 2.37. The molecule has 1 aromatic carbocycles. The first-order valence-electron chi connectivity index (χ1n) is 7.11. The lowest BCUT2D eigenvalue weighted by Gasteiger charge is -2.17. The van der Waals surface area contributed by atoms with Crippen LogP contribution in [-0.4, -0.2) is 11.0 Å². The molecule has 0 unspecified atom stereocenters. The summed E-state index contributed by atoms with van der Waals surface area (Å²) in [5.74, 6) is 0.622. The van der Waals surface area contributed by atoms with E-state index in [1.54, 1.807) is 12.1 Å². The van der Waals surface area contributed by atoms with Gasteiger partial charge in [0.15, 0.2) is 5.76 Å². The minimum atomic E-state index is -0.296. The van der Waals surface area contributed by atoms with Crippen LogP contribution in [0.1, 0.15) is 61.2 Å². The van der Waals surface area contributed by atoms with Gasteiger partial charge in [-0.2, -0.15) is 0 Å². The third-order valence-corrected chi connectivity index (χ3v) is 3.42. The molecule has 0 saturated heterocycles. The fraction of sp³-hybridized carbons (Fsp3) is 0.353. The van der Waals surface area contributed by atoms with E-state index in [2.05, 4.69) is 5.32 Å². The van der Waals surface area contributed by atoms with Crippen molar-refractivity contribution in [1.29, 1.82) is 0 Å². The number of furan rings is 1. The van der Waals surface area contributed by atoms with Gasteiger partial charge in [0.25, 0.3) is 5.91 Å². The van der Waals surface area contributed by atoms with Crippen LogP contribution in [0.4, 0.5) is 5.69 Å². The van der Waals surface area contributed by atoms with E-state index in [1.165, 1.54) is 6.26 Å². The van der Waals surface area contributed by atoms with Crippen molar-refractivity contribution in [2.75, 3.05) is 5.32 Å². The molecule has 0 aliphatic heterocycles. The summed E-state index contributed by atoms with van der Waals surface area (Å²) in [6.45, 7) is 8.04. The number of benzene rings is 1. The predicted octanol–water partition coefficient (Wildman–Crippen LogP) is 4.48. The topological polar surface area (TPSA) is 62.5 Å². The van der Waals surface area contributed by atoms with Crippen molar-refractivity contribution in [2.45, 2.75) is 39.5 Å². The van der Waals surface area contributed by atoms with Crippen LogP contribution in [0.15, 0.2) is 34.9 Å². The van der Waals surface area contributed by atoms with Crippen LogP contribution in [0.3, 0.4) is 0 Å². The average molecular weight is 287 g/mol. The first kappa shape index (κ1) is 15.2. The summed E-state index contributed by atoms with van der Waals surface area (Å²) >= 11 is 0. The number of carbonyl (C=O) groups excluding carboxylic acids is 1. The minimum Gasteiger partial charge on any atom is -0.507 e. The van der Waals surface area contributed by atoms with Gasteiger partial charge in [0.05, 0.1) is 6.26 Å². The zero-order valence-electron chi connectivity index (χ0n) is 12.8. The number of anilines is 1. The standard InChI is InChI=1S/C17H21NO3/c1-10(2)13-8-12(9-14(11(3)4)16(13)19)18-17(20)15-6-5-7-21-15/h5-11,19H,1-4H3,(H,18,20). The molecule has 21 heavy (non-hydrogen) atoms. The normalized spacial score (nSPS) is 11.1. The Morgan fingerprint density at radius 2 is 1.71 bits per heavy atom. The van der Waals surface area contributed by atoms with E-state index >= 15 is 0 Å². The molecular weight excluding hydrogens is 266 g/mol. The largest absolute Gasteiger partial charge is 0.507 e. The van der Waals surface area contributed by atoms with E-state index in [9.17, 15) is 9.90 Å². The number of phenolic OH excluding ortho intramolecular Hbond substituents is 1. The summed E-state index contributed by atoms with van der Waals surface area (Å²) in [5.41, 5.74) is 2.33. The molecule has 0 saturated carbocycles. The van der Waals surface area contributed by atoms with Gasteiger partial charge in [-0.25, -0.2) is 0 Å². The van der Waals surface area contributed by atoms with Crippen LogP contribution in [-0.2, 0) is 0 Å². The number of nitrogens with one attached hydrogen (secondary N) is 1. The zero-order valence-corrected chi connectivity index (χ0v) is 12.8. The average Bonchev–Trinajstić information content (AvgIpc) is 2.93. The van der Waals surface area contributed by atoms with Crippen molar-refractivity contribution in [2.24, 2.45) is 0 Å². The van der Waals surface area contributed by atoms with Gasteiger partial charge >= 0.3 is 0 Å². The third kappa shape index (κ3) is 3.27. The fourth-order valence-corrected chi connectivity index (χ4v) is 2.23. The molecule has 1 heterocycles. The van der Waals surface area contributed by atoms with Crippen LogP contribution in [0.5, 0.6) is 5.75 Å². The lowest BCUT2D eigenvalue weighted by Crippen LogP contribution is -2.12. The first-order chi connectivity index (χ1) is 9.90. The van der Waals surface area contributed by atoms with Crippen LogP contribution in [0.2, 0.25) is 0 Å². The van der Waals surface area contributed by atoms with Crippen LogP contribution in [0, 0.1) is 0 Å². The number of amides is 1. The predicted molar refractivity (Wildman–Crippen MR) is 82.9 cm³/mol. The number of aromatic hydroxyl groups is 1. The smallest absolute Gasteiger partial charge is 0.291 e. The molecule has 4 heteroatoms. The minimum absolute atomic E-state index is 0.169. The summed E-state index contributed by atoms with van der Waals surface area (Å²) in [4.78, 5) is 12.1. The van der Waals surface area contributed by atoms with Crippen molar-refractivity contribution < 1.29 is 14.3 Å². The van der Waals surface area contributed by atoms with E-state index in [0.717, 1.165) is 11.1 Å². The van der Waals surface area contributed by atoms with Crippen molar-refractivity contribution in [3.05, 3.63) is 47.4 Å². The van der Waals surface area contributed by atoms with Crippen molar-refractivity contribution in [3.63, 3.8) is 0 Å². The van der Waals surface area contributed by atoms with Gasteiger partial charge < -0.3 is 14.8 Å². The molecule has 0 spiro atoms. The Morgan fingerprint density at radius 1 is 1.14 bits per heavy atom. The molecule has 112 valence electrons. The van der Waals surface area contributed by atoms with Crippen LogP contribution in [0.25, 0.3) is 0 Å². The molecule has 1 amide bonds. The summed E-state index contributed by atoms with van der Waals surface area (Å²) in [5, 5.41) is 13.2. The van der Waals surface area contributed by atoms with Crippen LogP contribution < -0.4 is 5.32 Å². The van der Waals surface area contributed by atoms with E-state index in [4.69, 9.17) is 4.42 Å². The molecule has 0 radical (unpaired) electrons. The van der Waals surface area contributed by atoms with Crippen molar-refractivity contribution in [1.82, 2.24) is 0 Å². The summed E-state index contributed by atoms with van der Waals surface area (Å²) in [6.07, 6.45) is 1.46. The Labute approximate surface area is 124 Å². The second-order valence-corrected chi connectivity index (χ2v) is 5.74. The molecule has 0 bridgehead atoms. The lowest BCUT2D eigenvalue weighted by molar-refractivity contribution is 0.0996. The first-order valence-corrected chi connectivity index (χ1v) is 7.11. The highest BCUT2D eigenvalue weighted by Gasteiger charge is 2.17. The molecule has 0 aliphatic carbocycles. The molecule has 1 aromatic heterocycles. The molecule has 4 nitrogen and oxygen atoms in total. The third-order valence-electron chi connectivity index (χ3n) is 3.42. The maximum absolute atomic E-state index is 12.1. The SMILES string of the molecule is CC(C)c1cc(NC(=O)c2ccco2)cc(C(C)C)c1O. The van der Waals surface area contributed by atoms with Gasteiger partial charge in [0.1, 0.15) is 5.75 Å². The molecular formula is C17H21NO3. The molecule has 0 aliphatic rings. The highest BCUT2D eigenvalue weighted by molar-refractivity contribution is 6.02. The maximum atomic E-state index is 12.1. The Morgan fingerprint density at radius 3 is 2.14 bits per heavy atom. The number of hydrogen-bond acceptors (Lipinski definition) is 3. The van der Waals surface area contributed by atoms with Gasteiger partial charge in [0, 0.05) is 5.69 Å². The summed E-state index contributed by atoms with van der Waals surface area (Å²) < 4.78 is 5.09. The molecule has 2 aromatic rings. The molecule has 2 N–H and O–H groups in total. The van der Waals surface area contributed by atoms with Crippen LogP contribution >= 0.6 is 0 Å². The number of carbonyl (C=O) groups is 1. The van der Waals surface area contributed by atoms with E-state index < -0.39 is 0 Å². The zero-order chi connectivity index (χ0) is 15.6. The van der Waals surface area contributed by atoms with Gasteiger partial charge in [-0.15, -0.1) is 0 Å². The van der Waals surface area contributed by atoms with Gasteiger partial charge in [-0.1, -0.05) is 27.7 Å². The molecule has 2 rings (SSSR count). The van der Waals surface area contributed by atoms with E-state index in [1.807, 2.05) is 39.8 Å². The molecule has 0 atom stereocenters. The quantitative estimate of drug-likeness (QED) is 0.815. The number of rotatable bonds is 4. The Kier molecular flexibility index (Phi) is 4.36. The highest BCUT2D eigenvalue weighted by Crippen LogP contribution is 2.36. The number of hydrogen-bond donors (Lipinski definition) is 2. The fourth-order valence-electron chi connectivity index (χ4n) is 2.23. The van der Waals surface area contributed by atoms with E-state index in [-0.39, 0.29) is 23.5 Å². The number of phenols is 1. The lowest BCUT2D eigenvalue weighted by atomic mass is 9.93. The van der Waals surface area contributed by atoms with Gasteiger partial charge in [-0.05, 0) is 47.2 Å². The Hall–Kier alpha value is -2.23. The van der Waals surface area contributed by atoms with Gasteiger partial charge in [-0.3, -0.25) is 4.79 Å². The van der Waals surface area contributed by atoms with Crippen molar-refractivity contribution in [3.8, 4) is 5.75 Å². The molecule has 0 fully saturated rings. The second-order valence-electron chi connectivity index (χ2n) is 5.74. The monoisotopic (exact) mass is 287 g/mol. The summed E-state index contributed by atoms with van der Waals surface area (Å²) in [7, 11) is 0. The summed E-state index contributed by atoms with van der Waals surface area (Å²) in [6, 6.07) is 6.91. The Bertz CT molecular complexity index is 598. The maximum Gasteiger partial charge on any atom is 0.291 e. The second kappa shape index (κ2) is 6.04. The van der Waals surface area contributed by atoms with Crippen molar-refractivity contribution >= 4 is 11.6 Å².